The van der Waals surface area contributed by atoms with Crippen molar-refractivity contribution in [2.75, 3.05) is 19.0 Å². The molecule has 1 fully saturated rings. The van der Waals surface area contributed by atoms with Crippen molar-refractivity contribution in [3.05, 3.63) is 41.9 Å². The summed E-state index contributed by atoms with van der Waals surface area (Å²) < 4.78 is 33.4. The molecule has 1 aliphatic heterocycles. The molecule has 0 bridgehead atoms. The van der Waals surface area contributed by atoms with Crippen LogP contribution in [0.3, 0.4) is 0 Å². The van der Waals surface area contributed by atoms with Crippen LogP contribution in [0.2, 0.25) is 0 Å². The molecule has 0 spiro atoms. The Morgan fingerprint density at radius 3 is 2.75 bits per heavy atom. The molecule has 0 unspecified atom stereocenters. The summed E-state index contributed by atoms with van der Waals surface area (Å²) >= 11 is 0. The van der Waals surface area contributed by atoms with Gasteiger partial charge in [0, 0.05) is 25.5 Å². The Hall–Kier alpha value is -2.72. The topological polar surface area (TPSA) is 111 Å². The molecule has 9 nitrogen and oxygen atoms in total. The number of pyridine rings is 1. The smallest absolute Gasteiger partial charge is 0.354 e. The Morgan fingerprint density at radius 1 is 1.32 bits per heavy atom. The lowest BCUT2D eigenvalue weighted by Gasteiger charge is -2.22. The van der Waals surface area contributed by atoms with E-state index in [-0.39, 0.29) is 17.1 Å². The molecule has 28 heavy (non-hydrogen) atoms. The second kappa shape index (κ2) is 7.72. The Bertz CT molecular complexity index is 1010. The number of aryl methyl sites for hydroxylation is 2. The third kappa shape index (κ3) is 3.78. The van der Waals surface area contributed by atoms with Gasteiger partial charge >= 0.3 is 5.97 Å². The highest BCUT2D eigenvalue weighted by molar-refractivity contribution is 7.89. The van der Waals surface area contributed by atoms with Gasteiger partial charge < -0.3 is 14.6 Å². The maximum atomic E-state index is 13.1. The molecule has 0 aliphatic carbocycles. The summed E-state index contributed by atoms with van der Waals surface area (Å²) in [7, 11) is -1.17. The van der Waals surface area contributed by atoms with Crippen molar-refractivity contribution in [3.8, 4) is 0 Å². The quantitative estimate of drug-likeness (QED) is 0.750. The lowest BCUT2D eigenvalue weighted by molar-refractivity contribution is -0.119. The first-order valence-corrected chi connectivity index (χ1v) is 10.2. The number of aromatic nitrogens is 2. The minimum atomic E-state index is -3.95. The normalized spacial score (nSPS) is 17.5. The van der Waals surface area contributed by atoms with Crippen molar-refractivity contribution in [2.24, 2.45) is 7.05 Å². The lowest BCUT2D eigenvalue weighted by atomic mass is 10.2. The van der Waals surface area contributed by atoms with E-state index in [1.807, 2.05) is 0 Å². The Balaban J connectivity index is 1.85. The van der Waals surface area contributed by atoms with Crippen LogP contribution in [0.1, 0.15) is 29.0 Å². The molecule has 1 N–H and O–H groups in total. The van der Waals surface area contributed by atoms with Gasteiger partial charge in [-0.15, -0.1) is 0 Å². The fourth-order valence-corrected chi connectivity index (χ4v) is 4.96. The summed E-state index contributed by atoms with van der Waals surface area (Å²) in [6.45, 7) is 2.03. The van der Waals surface area contributed by atoms with E-state index in [2.05, 4.69) is 15.0 Å². The van der Waals surface area contributed by atoms with Gasteiger partial charge in [-0.05, 0) is 38.0 Å². The molecule has 1 amide bonds. The standard InChI is InChI=1S/C18H22N4O5S/c1-12-6-4-8-16(19-12)20-17(23)14-7-5-9-22(14)28(25,26)13-10-15(18(24)27-3)21(2)11-13/h4,6,8,10-11,14H,5,7,9H2,1-3H3,(H,19,20,23)/t14-/m1/s1. The number of nitrogens with one attached hydrogen (secondary N) is 1. The van der Waals surface area contributed by atoms with Crippen LogP contribution in [0, 0.1) is 6.92 Å². The summed E-state index contributed by atoms with van der Waals surface area (Å²) in [5.41, 5.74) is 0.860. The molecule has 2 aromatic rings. The van der Waals surface area contributed by atoms with Gasteiger partial charge in [-0.2, -0.15) is 4.31 Å². The van der Waals surface area contributed by atoms with Gasteiger partial charge in [-0.3, -0.25) is 4.79 Å². The van der Waals surface area contributed by atoms with Gasteiger partial charge in [0.25, 0.3) is 0 Å². The van der Waals surface area contributed by atoms with Crippen molar-refractivity contribution in [1.29, 1.82) is 0 Å². The number of carbonyl (C=O) groups is 2. The highest BCUT2D eigenvalue weighted by atomic mass is 32.2. The maximum absolute atomic E-state index is 13.1. The van der Waals surface area contributed by atoms with Crippen LogP contribution in [0.4, 0.5) is 5.82 Å². The van der Waals surface area contributed by atoms with E-state index in [1.165, 1.54) is 28.2 Å². The van der Waals surface area contributed by atoms with Crippen LogP contribution in [0.15, 0.2) is 35.4 Å². The Morgan fingerprint density at radius 2 is 2.07 bits per heavy atom. The maximum Gasteiger partial charge on any atom is 0.354 e. The largest absolute Gasteiger partial charge is 0.464 e. The molecule has 0 radical (unpaired) electrons. The number of sulfonamides is 1. The molecule has 0 aromatic carbocycles. The molecule has 1 saturated heterocycles. The Kier molecular flexibility index (Phi) is 5.52. The summed E-state index contributed by atoms with van der Waals surface area (Å²) in [6.07, 6.45) is 2.32. The molecule has 3 rings (SSSR count). The van der Waals surface area contributed by atoms with Crippen LogP contribution in [-0.2, 0) is 26.6 Å². The zero-order valence-electron chi connectivity index (χ0n) is 15.9. The minimum Gasteiger partial charge on any atom is -0.464 e. The number of ether oxygens (including phenoxy) is 1. The van der Waals surface area contributed by atoms with Crippen molar-refractivity contribution in [3.63, 3.8) is 0 Å². The average molecular weight is 406 g/mol. The molecule has 2 aromatic heterocycles. The molecular weight excluding hydrogens is 384 g/mol. The average Bonchev–Trinajstić information content (AvgIpc) is 3.28. The molecule has 10 heteroatoms. The van der Waals surface area contributed by atoms with E-state index >= 15 is 0 Å². The van der Waals surface area contributed by atoms with E-state index in [4.69, 9.17) is 0 Å². The first kappa shape index (κ1) is 20.0. The number of hydrogen-bond acceptors (Lipinski definition) is 6. The van der Waals surface area contributed by atoms with Crippen LogP contribution < -0.4 is 5.32 Å². The third-order valence-electron chi connectivity index (χ3n) is 4.63. The fourth-order valence-electron chi connectivity index (χ4n) is 3.23. The van der Waals surface area contributed by atoms with Gasteiger partial charge in [0.05, 0.1) is 7.11 Å². The fraction of sp³-hybridized carbons (Fsp3) is 0.389. The first-order chi connectivity index (χ1) is 13.2. The molecule has 1 aliphatic rings. The van der Waals surface area contributed by atoms with Crippen LogP contribution >= 0.6 is 0 Å². The van der Waals surface area contributed by atoms with E-state index in [9.17, 15) is 18.0 Å². The van der Waals surface area contributed by atoms with E-state index in [0.717, 1.165) is 5.69 Å². The van der Waals surface area contributed by atoms with E-state index in [1.54, 1.807) is 32.2 Å². The second-order valence-corrected chi connectivity index (χ2v) is 8.48. The number of hydrogen-bond donors (Lipinski definition) is 1. The third-order valence-corrected chi connectivity index (χ3v) is 6.50. The van der Waals surface area contributed by atoms with Crippen LogP contribution in [0.5, 0.6) is 0 Å². The molecule has 1 atom stereocenters. The van der Waals surface area contributed by atoms with Crippen molar-refractivity contribution >= 4 is 27.7 Å². The zero-order chi connectivity index (χ0) is 20.5. The van der Waals surface area contributed by atoms with Crippen molar-refractivity contribution in [2.45, 2.75) is 30.7 Å². The first-order valence-electron chi connectivity index (χ1n) is 8.75. The van der Waals surface area contributed by atoms with Crippen molar-refractivity contribution in [1.82, 2.24) is 13.9 Å². The molecule has 150 valence electrons. The van der Waals surface area contributed by atoms with Gasteiger partial charge in [-0.25, -0.2) is 18.2 Å². The monoisotopic (exact) mass is 406 g/mol. The molecular formula is C18H22N4O5S. The predicted molar refractivity (Wildman–Crippen MR) is 101 cm³/mol. The number of rotatable bonds is 5. The van der Waals surface area contributed by atoms with Crippen LogP contribution in [0.25, 0.3) is 0 Å². The van der Waals surface area contributed by atoms with E-state index in [0.29, 0.717) is 18.7 Å². The summed E-state index contributed by atoms with van der Waals surface area (Å²) in [6, 6.07) is 5.64. The molecule has 3 heterocycles. The van der Waals surface area contributed by atoms with Gasteiger partial charge in [0.15, 0.2) is 0 Å². The highest BCUT2D eigenvalue weighted by Gasteiger charge is 2.40. The van der Waals surface area contributed by atoms with Gasteiger partial charge in [0.2, 0.25) is 15.9 Å². The van der Waals surface area contributed by atoms with Gasteiger partial charge in [0.1, 0.15) is 22.4 Å². The predicted octanol–water partition coefficient (Wildman–Crippen LogP) is 1.31. The number of esters is 1. The Labute approximate surface area is 163 Å². The lowest BCUT2D eigenvalue weighted by Crippen LogP contribution is -2.43. The summed E-state index contributed by atoms with van der Waals surface area (Å²) in [5, 5.41) is 2.69. The van der Waals surface area contributed by atoms with Crippen LogP contribution in [-0.4, -0.2) is 53.8 Å². The van der Waals surface area contributed by atoms with Gasteiger partial charge in [-0.1, -0.05) is 6.07 Å². The number of anilines is 1. The summed E-state index contributed by atoms with van der Waals surface area (Å²) in [4.78, 5) is 28.6. The minimum absolute atomic E-state index is 0.0521. The highest BCUT2D eigenvalue weighted by Crippen LogP contribution is 2.28. The van der Waals surface area contributed by atoms with E-state index < -0.39 is 27.9 Å². The number of methoxy groups -OCH3 is 1. The second-order valence-electron chi connectivity index (χ2n) is 6.59. The number of carbonyl (C=O) groups excluding carboxylic acids is 2. The zero-order valence-corrected chi connectivity index (χ0v) is 16.7. The number of amides is 1. The molecule has 0 saturated carbocycles. The summed E-state index contributed by atoms with van der Waals surface area (Å²) in [5.74, 6) is -0.685. The number of nitrogens with zero attached hydrogens (tertiary/aromatic N) is 3. The SMILES string of the molecule is COC(=O)c1cc(S(=O)(=O)N2CCC[C@@H]2C(=O)Nc2cccc(C)n2)cn1C. The van der Waals surface area contributed by atoms with Crippen molar-refractivity contribution < 1.29 is 22.7 Å².